The Labute approximate surface area is 114 Å². The first-order valence-electron chi connectivity index (χ1n) is 5.99. The van der Waals surface area contributed by atoms with E-state index in [9.17, 15) is 0 Å². The first-order valence-corrected chi connectivity index (χ1v) is 7.36. The number of allylic oxidation sites excluding steroid dienone is 1. The van der Waals surface area contributed by atoms with E-state index < -0.39 is 0 Å². The van der Waals surface area contributed by atoms with E-state index in [4.69, 9.17) is 11.6 Å². The van der Waals surface area contributed by atoms with Gasteiger partial charge in [0.1, 0.15) is 0 Å². The van der Waals surface area contributed by atoms with Gasteiger partial charge in [0.05, 0.1) is 5.02 Å². The fourth-order valence-corrected chi connectivity index (χ4v) is 2.95. The third-order valence-corrected chi connectivity index (χ3v) is 4.17. The summed E-state index contributed by atoms with van der Waals surface area (Å²) in [7, 11) is 0. The van der Waals surface area contributed by atoms with Crippen LogP contribution in [-0.4, -0.2) is 18.3 Å². The minimum absolute atomic E-state index is 0.527. The second-order valence-electron chi connectivity index (χ2n) is 3.86. The molecule has 0 heterocycles. The van der Waals surface area contributed by atoms with Gasteiger partial charge in [-0.3, -0.25) is 0 Å². The van der Waals surface area contributed by atoms with Crippen molar-refractivity contribution in [2.75, 3.05) is 12.3 Å². The second kappa shape index (κ2) is 8.62. The number of thioether (sulfide) groups is 1. The number of benzene rings is 1. The van der Waals surface area contributed by atoms with Crippen molar-refractivity contribution < 1.29 is 0 Å². The SMILES string of the molecule is C=CCCC(CSc1ccccc1Cl)NCC. The third kappa shape index (κ3) is 5.62. The van der Waals surface area contributed by atoms with E-state index in [-0.39, 0.29) is 0 Å². The standard InChI is InChI=1S/C14H20ClNS/c1-3-5-8-12(16-4-2)11-17-14-10-7-6-9-13(14)15/h3,6-7,9-10,12,16H,1,4-5,8,11H2,2H3. The van der Waals surface area contributed by atoms with Gasteiger partial charge in [-0.25, -0.2) is 0 Å². The van der Waals surface area contributed by atoms with E-state index in [1.54, 1.807) is 0 Å². The summed E-state index contributed by atoms with van der Waals surface area (Å²) < 4.78 is 0. The van der Waals surface area contributed by atoms with Crippen molar-refractivity contribution in [2.24, 2.45) is 0 Å². The molecule has 0 amide bonds. The maximum atomic E-state index is 6.13. The van der Waals surface area contributed by atoms with Crippen molar-refractivity contribution in [1.82, 2.24) is 5.32 Å². The van der Waals surface area contributed by atoms with Gasteiger partial charge in [0.15, 0.2) is 0 Å². The van der Waals surface area contributed by atoms with Gasteiger partial charge >= 0.3 is 0 Å². The number of halogens is 1. The van der Waals surface area contributed by atoms with Gasteiger partial charge < -0.3 is 5.32 Å². The molecule has 0 aliphatic carbocycles. The van der Waals surface area contributed by atoms with Crippen LogP contribution in [0, 0.1) is 0 Å². The van der Waals surface area contributed by atoms with Crippen molar-refractivity contribution >= 4 is 23.4 Å². The Kier molecular flexibility index (Phi) is 7.41. The molecule has 0 saturated carbocycles. The zero-order chi connectivity index (χ0) is 12.5. The monoisotopic (exact) mass is 269 g/mol. The summed E-state index contributed by atoms with van der Waals surface area (Å²) in [6.07, 6.45) is 4.17. The molecule has 1 aromatic carbocycles. The molecule has 17 heavy (non-hydrogen) atoms. The van der Waals surface area contributed by atoms with Gasteiger partial charge in [-0.1, -0.05) is 36.7 Å². The Bertz CT molecular complexity index is 341. The molecule has 1 N–H and O–H groups in total. The molecule has 3 heteroatoms. The molecule has 0 spiro atoms. The molecule has 0 aromatic heterocycles. The molecule has 0 fully saturated rings. The minimum Gasteiger partial charge on any atom is -0.313 e. The lowest BCUT2D eigenvalue weighted by atomic mass is 10.2. The zero-order valence-electron chi connectivity index (χ0n) is 10.3. The highest BCUT2D eigenvalue weighted by molar-refractivity contribution is 7.99. The van der Waals surface area contributed by atoms with Crippen LogP contribution in [0.3, 0.4) is 0 Å². The van der Waals surface area contributed by atoms with E-state index in [2.05, 4.69) is 24.9 Å². The Balaban J connectivity index is 2.45. The highest BCUT2D eigenvalue weighted by Crippen LogP contribution is 2.27. The molecular formula is C14H20ClNS. The van der Waals surface area contributed by atoms with Crippen LogP contribution in [-0.2, 0) is 0 Å². The van der Waals surface area contributed by atoms with Crippen LogP contribution in [0.4, 0.5) is 0 Å². The minimum atomic E-state index is 0.527. The normalized spacial score (nSPS) is 12.4. The largest absolute Gasteiger partial charge is 0.313 e. The van der Waals surface area contributed by atoms with Crippen molar-refractivity contribution in [1.29, 1.82) is 0 Å². The zero-order valence-corrected chi connectivity index (χ0v) is 11.9. The highest BCUT2D eigenvalue weighted by Gasteiger charge is 2.08. The quantitative estimate of drug-likeness (QED) is 0.555. The number of hydrogen-bond acceptors (Lipinski definition) is 2. The molecule has 94 valence electrons. The highest BCUT2D eigenvalue weighted by atomic mass is 35.5. The molecule has 0 radical (unpaired) electrons. The summed E-state index contributed by atoms with van der Waals surface area (Å²) >= 11 is 7.95. The lowest BCUT2D eigenvalue weighted by Gasteiger charge is -2.16. The van der Waals surface area contributed by atoms with Crippen LogP contribution in [0.2, 0.25) is 5.02 Å². The molecule has 1 nitrogen and oxygen atoms in total. The molecule has 0 saturated heterocycles. The van der Waals surface area contributed by atoms with Gasteiger partial charge in [-0.05, 0) is 31.5 Å². The molecule has 0 aliphatic rings. The maximum absolute atomic E-state index is 6.13. The van der Waals surface area contributed by atoms with Crippen LogP contribution >= 0.6 is 23.4 Å². The average Bonchev–Trinajstić information content (AvgIpc) is 2.34. The number of hydrogen-bond donors (Lipinski definition) is 1. The van der Waals surface area contributed by atoms with Crippen molar-refractivity contribution in [2.45, 2.75) is 30.7 Å². The van der Waals surface area contributed by atoms with Crippen molar-refractivity contribution in [3.63, 3.8) is 0 Å². The average molecular weight is 270 g/mol. The van der Waals surface area contributed by atoms with Gasteiger partial charge in [0, 0.05) is 16.7 Å². The molecule has 0 aliphatic heterocycles. The summed E-state index contributed by atoms with van der Waals surface area (Å²) in [5.41, 5.74) is 0. The lowest BCUT2D eigenvalue weighted by Crippen LogP contribution is -2.30. The number of nitrogens with one attached hydrogen (secondary N) is 1. The summed E-state index contributed by atoms with van der Waals surface area (Å²) in [5.74, 6) is 1.05. The Morgan fingerprint density at radius 2 is 2.24 bits per heavy atom. The summed E-state index contributed by atoms with van der Waals surface area (Å²) in [6, 6.07) is 8.53. The first kappa shape index (κ1) is 14.6. The van der Waals surface area contributed by atoms with Crippen molar-refractivity contribution in [3.05, 3.63) is 41.9 Å². The van der Waals surface area contributed by atoms with E-state index >= 15 is 0 Å². The summed E-state index contributed by atoms with van der Waals surface area (Å²) in [4.78, 5) is 1.16. The fraction of sp³-hybridized carbons (Fsp3) is 0.429. The maximum Gasteiger partial charge on any atom is 0.0541 e. The molecule has 1 aromatic rings. The Morgan fingerprint density at radius 1 is 1.47 bits per heavy atom. The molecular weight excluding hydrogens is 250 g/mol. The fourth-order valence-electron chi connectivity index (χ4n) is 1.60. The van der Waals surface area contributed by atoms with Crippen LogP contribution < -0.4 is 5.32 Å². The topological polar surface area (TPSA) is 12.0 Å². The van der Waals surface area contributed by atoms with Crippen LogP contribution in [0.25, 0.3) is 0 Å². The van der Waals surface area contributed by atoms with Gasteiger partial charge in [-0.15, -0.1) is 18.3 Å². The van der Waals surface area contributed by atoms with Gasteiger partial charge in [0.2, 0.25) is 0 Å². The van der Waals surface area contributed by atoms with E-state index in [1.807, 2.05) is 36.0 Å². The summed E-state index contributed by atoms with van der Waals surface area (Å²) in [6.45, 7) is 6.91. The van der Waals surface area contributed by atoms with Gasteiger partial charge in [0.25, 0.3) is 0 Å². The van der Waals surface area contributed by atoms with Crippen molar-refractivity contribution in [3.8, 4) is 0 Å². The smallest absolute Gasteiger partial charge is 0.0541 e. The molecule has 1 atom stereocenters. The lowest BCUT2D eigenvalue weighted by molar-refractivity contribution is 0.542. The molecule has 0 bridgehead atoms. The Hall–Kier alpha value is -0.440. The number of rotatable bonds is 8. The third-order valence-electron chi connectivity index (χ3n) is 2.49. The predicted octanol–water partition coefficient (Wildman–Crippen LogP) is 4.38. The van der Waals surface area contributed by atoms with Crippen LogP contribution in [0.15, 0.2) is 41.8 Å². The second-order valence-corrected chi connectivity index (χ2v) is 5.33. The van der Waals surface area contributed by atoms with Crippen LogP contribution in [0.5, 0.6) is 0 Å². The van der Waals surface area contributed by atoms with E-state index in [0.717, 1.165) is 35.1 Å². The van der Waals surface area contributed by atoms with Gasteiger partial charge in [-0.2, -0.15) is 0 Å². The Morgan fingerprint density at radius 3 is 2.88 bits per heavy atom. The van der Waals surface area contributed by atoms with E-state index in [0.29, 0.717) is 6.04 Å². The predicted molar refractivity (Wildman–Crippen MR) is 79.1 cm³/mol. The first-order chi connectivity index (χ1) is 8.27. The molecule has 1 rings (SSSR count). The van der Waals surface area contributed by atoms with Crippen LogP contribution in [0.1, 0.15) is 19.8 Å². The van der Waals surface area contributed by atoms with E-state index in [1.165, 1.54) is 0 Å². The molecule has 1 unspecified atom stereocenters. The summed E-state index contributed by atoms with van der Waals surface area (Å²) in [5, 5.41) is 4.34.